The van der Waals surface area contributed by atoms with Gasteiger partial charge in [0.1, 0.15) is 0 Å². The number of hydrogen-bond donors (Lipinski definition) is 1. The molecule has 1 aromatic heterocycles. The Hall–Kier alpha value is -2.33. The molecule has 1 rings (SSSR count). The van der Waals surface area contributed by atoms with Gasteiger partial charge in [-0.1, -0.05) is 0 Å². The molecule has 0 aliphatic carbocycles. The van der Waals surface area contributed by atoms with E-state index in [1.165, 1.54) is 10.6 Å². The van der Waals surface area contributed by atoms with E-state index in [4.69, 9.17) is 14.7 Å². The summed E-state index contributed by atoms with van der Waals surface area (Å²) in [5, 5.41) is 11.1. The highest BCUT2D eigenvalue weighted by Gasteiger charge is 2.07. The topological polar surface area (TPSA) is 93.3 Å². The molecule has 21 heavy (non-hydrogen) atoms. The Bertz CT molecular complexity index is 548. The molecule has 0 saturated carbocycles. The molecule has 0 aromatic carbocycles. The largest absolute Gasteiger partial charge is 0.478 e. The van der Waals surface area contributed by atoms with Crippen LogP contribution in [0.5, 0.6) is 5.75 Å². The Morgan fingerprint density at radius 2 is 2.33 bits per heavy atom. The molecule has 1 aromatic rings. The molecule has 0 aliphatic rings. The van der Waals surface area contributed by atoms with E-state index in [0.29, 0.717) is 32.5 Å². The lowest BCUT2D eigenvalue weighted by Crippen LogP contribution is -2.32. The zero-order valence-electron chi connectivity index (χ0n) is 12.0. The fourth-order valence-corrected chi connectivity index (χ4v) is 1.62. The number of carbonyl (C=O) groups excluding carboxylic acids is 1. The van der Waals surface area contributed by atoms with Crippen LogP contribution in [-0.4, -0.2) is 37.3 Å². The molecule has 1 N–H and O–H groups in total. The fraction of sp³-hybridized carbons (Fsp3) is 0.500. The van der Waals surface area contributed by atoms with Gasteiger partial charge in [0.05, 0.1) is 12.7 Å². The standard InChI is InChI=1S/C14H19N3O4/c1-20-10-7-16-13(18)11-21-12-5-4-9-17(14(12)19)8-3-2-6-15/h4-5,9H,2-3,7-8,10-11H2,1H3,(H,16,18). The number of aryl methyl sites for hydroxylation is 1. The van der Waals surface area contributed by atoms with Gasteiger partial charge < -0.3 is 19.4 Å². The van der Waals surface area contributed by atoms with E-state index >= 15 is 0 Å². The van der Waals surface area contributed by atoms with Crippen molar-refractivity contribution in [3.63, 3.8) is 0 Å². The summed E-state index contributed by atoms with van der Waals surface area (Å²) in [6, 6.07) is 5.22. The lowest BCUT2D eigenvalue weighted by Gasteiger charge is -2.09. The molecule has 7 nitrogen and oxygen atoms in total. The van der Waals surface area contributed by atoms with E-state index in [0.717, 1.165) is 0 Å². The Labute approximate surface area is 123 Å². The first-order valence-corrected chi connectivity index (χ1v) is 6.64. The van der Waals surface area contributed by atoms with Gasteiger partial charge in [-0.15, -0.1) is 0 Å². The molecule has 114 valence electrons. The van der Waals surface area contributed by atoms with Gasteiger partial charge >= 0.3 is 0 Å². The molecule has 1 heterocycles. The maximum absolute atomic E-state index is 12.0. The summed E-state index contributed by atoms with van der Waals surface area (Å²) in [5.41, 5.74) is -0.305. The zero-order chi connectivity index (χ0) is 15.5. The van der Waals surface area contributed by atoms with Crippen LogP contribution in [0.3, 0.4) is 0 Å². The second kappa shape index (κ2) is 9.55. The number of nitriles is 1. The Balaban J connectivity index is 2.52. The van der Waals surface area contributed by atoms with Crippen LogP contribution in [-0.2, 0) is 16.1 Å². The predicted molar refractivity (Wildman–Crippen MR) is 75.9 cm³/mol. The Morgan fingerprint density at radius 1 is 1.52 bits per heavy atom. The first-order valence-electron chi connectivity index (χ1n) is 6.64. The average Bonchev–Trinajstić information content (AvgIpc) is 2.48. The molecule has 0 bridgehead atoms. The number of methoxy groups -OCH3 is 1. The summed E-state index contributed by atoms with van der Waals surface area (Å²) in [5.74, 6) is -0.192. The molecule has 1 amide bonds. The second-order valence-electron chi connectivity index (χ2n) is 4.26. The summed E-state index contributed by atoms with van der Waals surface area (Å²) >= 11 is 0. The van der Waals surface area contributed by atoms with E-state index in [9.17, 15) is 9.59 Å². The summed E-state index contributed by atoms with van der Waals surface area (Å²) in [6.45, 7) is 1.04. The van der Waals surface area contributed by atoms with Crippen molar-refractivity contribution in [2.24, 2.45) is 0 Å². The quantitative estimate of drug-likeness (QED) is 0.661. The highest BCUT2D eigenvalue weighted by molar-refractivity contribution is 5.77. The minimum Gasteiger partial charge on any atom is -0.478 e. The number of amides is 1. The molecular weight excluding hydrogens is 274 g/mol. The van der Waals surface area contributed by atoms with Crippen molar-refractivity contribution in [1.82, 2.24) is 9.88 Å². The van der Waals surface area contributed by atoms with Gasteiger partial charge in [0, 0.05) is 32.8 Å². The first kappa shape index (κ1) is 16.7. The van der Waals surface area contributed by atoms with Crippen LogP contribution in [0.25, 0.3) is 0 Å². The van der Waals surface area contributed by atoms with E-state index in [1.54, 1.807) is 19.4 Å². The molecule has 0 saturated heterocycles. The van der Waals surface area contributed by atoms with Crippen molar-refractivity contribution in [3.8, 4) is 11.8 Å². The van der Waals surface area contributed by atoms with Crippen molar-refractivity contribution in [2.45, 2.75) is 19.4 Å². The number of rotatable bonds is 9. The molecule has 0 fully saturated rings. The molecule has 0 atom stereocenters. The summed E-state index contributed by atoms with van der Waals surface area (Å²) < 4.78 is 11.5. The smallest absolute Gasteiger partial charge is 0.292 e. The van der Waals surface area contributed by atoms with Crippen LogP contribution in [0.4, 0.5) is 0 Å². The number of hydrogen-bond acceptors (Lipinski definition) is 5. The number of nitrogens with one attached hydrogen (secondary N) is 1. The monoisotopic (exact) mass is 293 g/mol. The minimum absolute atomic E-state index is 0.122. The van der Waals surface area contributed by atoms with E-state index in [2.05, 4.69) is 5.32 Å². The summed E-state index contributed by atoms with van der Waals surface area (Å²) in [6.07, 6.45) is 2.61. The molecule has 0 spiro atoms. The van der Waals surface area contributed by atoms with Crippen LogP contribution in [0, 0.1) is 11.3 Å². The molecule has 0 unspecified atom stereocenters. The Kier molecular flexibility index (Phi) is 7.61. The maximum atomic E-state index is 12.0. The van der Waals surface area contributed by atoms with Crippen molar-refractivity contribution in [3.05, 3.63) is 28.7 Å². The van der Waals surface area contributed by atoms with Gasteiger partial charge in [-0.25, -0.2) is 0 Å². The van der Waals surface area contributed by atoms with Gasteiger partial charge in [-0.05, 0) is 18.6 Å². The second-order valence-corrected chi connectivity index (χ2v) is 4.26. The van der Waals surface area contributed by atoms with Crippen molar-refractivity contribution in [1.29, 1.82) is 5.26 Å². The number of nitrogens with zero attached hydrogens (tertiary/aromatic N) is 2. The van der Waals surface area contributed by atoms with Gasteiger partial charge in [-0.2, -0.15) is 5.26 Å². The predicted octanol–water partition coefficient (Wildman–Crippen LogP) is 0.293. The molecular formula is C14H19N3O4. The highest BCUT2D eigenvalue weighted by Crippen LogP contribution is 2.02. The fourth-order valence-electron chi connectivity index (χ4n) is 1.62. The number of ether oxygens (including phenoxy) is 2. The summed E-state index contributed by atoms with van der Waals surface area (Å²) in [7, 11) is 1.54. The van der Waals surface area contributed by atoms with Gasteiger partial charge in [-0.3, -0.25) is 9.59 Å². The SMILES string of the molecule is COCCNC(=O)COc1cccn(CCCC#N)c1=O. The normalized spacial score (nSPS) is 9.90. The van der Waals surface area contributed by atoms with Crippen molar-refractivity contribution >= 4 is 5.91 Å². The van der Waals surface area contributed by atoms with E-state index in [-0.39, 0.29) is 23.8 Å². The van der Waals surface area contributed by atoms with Crippen LogP contribution < -0.4 is 15.6 Å². The Morgan fingerprint density at radius 3 is 3.05 bits per heavy atom. The number of unbranched alkanes of at least 4 members (excludes halogenated alkanes) is 1. The van der Waals surface area contributed by atoms with E-state index < -0.39 is 0 Å². The summed E-state index contributed by atoms with van der Waals surface area (Å²) in [4.78, 5) is 23.5. The van der Waals surface area contributed by atoms with Crippen LogP contribution in [0.1, 0.15) is 12.8 Å². The maximum Gasteiger partial charge on any atom is 0.292 e. The third-order valence-corrected chi connectivity index (χ3v) is 2.66. The van der Waals surface area contributed by atoms with Crippen LogP contribution in [0.15, 0.2) is 23.1 Å². The molecule has 0 radical (unpaired) electrons. The zero-order valence-corrected chi connectivity index (χ0v) is 12.0. The van der Waals surface area contributed by atoms with Gasteiger partial charge in [0.15, 0.2) is 12.4 Å². The lowest BCUT2D eigenvalue weighted by molar-refractivity contribution is -0.123. The number of carbonyl (C=O) groups is 1. The van der Waals surface area contributed by atoms with E-state index in [1.807, 2.05) is 6.07 Å². The molecule has 0 aliphatic heterocycles. The van der Waals surface area contributed by atoms with Crippen molar-refractivity contribution < 1.29 is 14.3 Å². The molecule has 7 heteroatoms. The number of pyridine rings is 1. The average molecular weight is 293 g/mol. The van der Waals surface area contributed by atoms with Crippen molar-refractivity contribution in [2.75, 3.05) is 26.9 Å². The van der Waals surface area contributed by atoms with Gasteiger partial charge in [0.25, 0.3) is 11.5 Å². The van der Waals surface area contributed by atoms with Crippen LogP contribution in [0.2, 0.25) is 0 Å². The third kappa shape index (κ3) is 6.10. The first-order chi connectivity index (χ1) is 10.2. The third-order valence-electron chi connectivity index (χ3n) is 2.66. The minimum atomic E-state index is -0.314. The van der Waals surface area contributed by atoms with Crippen LogP contribution >= 0.6 is 0 Å². The highest BCUT2D eigenvalue weighted by atomic mass is 16.5. The number of aromatic nitrogens is 1. The lowest BCUT2D eigenvalue weighted by atomic mass is 10.3. The van der Waals surface area contributed by atoms with Gasteiger partial charge in [0.2, 0.25) is 0 Å².